The lowest BCUT2D eigenvalue weighted by Gasteiger charge is -2.38. The summed E-state index contributed by atoms with van der Waals surface area (Å²) in [7, 11) is 1.63. The first-order chi connectivity index (χ1) is 14.7. The van der Waals surface area contributed by atoms with E-state index in [1.165, 1.54) is 0 Å². The lowest BCUT2D eigenvalue weighted by Crippen LogP contribution is -2.51. The maximum atomic E-state index is 13.0. The van der Waals surface area contributed by atoms with E-state index in [0.29, 0.717) is 56.3 Å². The molecule has 0 spiro atoms. The van der Waals surface area contributed by atoms with E-state index < -0.39 is 5.60 Å². The van der Waals surface area contributed by atoms with Gasteiger partial charge in [-0.05, 0) is 51.8 Å². The predicted octanol–water partition coefficient (Wildman–Crippen LogP) is 3.16. The van der Waals surface area contributed by atoms with Gasteiger partial charge in [-0.25, -0.2) is 4.79 Å². The van der Waals surface area contributed by atoms with E-state index in [-0.39, 0.29) is 24.0 Å². The Morgan fingerprint density at radius 3 is 2.68 bits per heavy atom. The zero-order chi connectivity index (χ0) is 22.6. The van der Waals surface area contributed by atoms with Crippen LogP contribution in [0.3, 0.4) is 0 Å². The Kier molecular flexibility index (Phi) is 7.30. The van der Waals surface area contributed by atoms with E-state index >= 15 is 0 Å². The summed E-state index contributed by atoms with van der Waals surface area (Å²) in [4.78, 5) is 27.0. The second kappa shape index (κ2) is 9.77. The summed E-state index contributed by atoms with van der Waals surface area (Å²) in [6.45, 7) is 10.0. The van der Waals surface area contributed by atoms with Crippen LogP contribution in [-0.2, 0) is 9.47 Å². The number of ether oxygens (including phenoxy) is 4. The van der Waals surface area contributed by atoms with Crippen molar-refractivity contribution in [3.63, 3.8) is 0 Å². The van der Waals surface area contributed by atoms with Gasteiger partial charge in [-0.3, -0.25) is 4.79 Å². The van der Waals surface area contributed by atoms with E-state index in [0.717, 1.165) is 12.0 Å². The number of fused-ring (bicyclic) bond motifs is 1. The Bertz CT molecular complexity index is 804. The number of likely N-dealkylation sites (tertiary alicyclic amines) is 1. The van der Waals surface area contributed by atoms with E-state index in [2.05, 4.69) is 5.32 Å². The molecule has 8 nitrogen and oxygen atoms in total. The van der Waals surface area contributed by atoms with Crippen LogP contribution in [-0.4, -0.2) is 68.6 Å². The van der Waals surface area contributed by atoms with Crippen molar-refractivity contribution in [2.45, 2.75) is 52.2 Å². The van der Waals surface area contributed by atoms with Crippen molar-refractivity contribution in [1.82, 2.24) is 10.2 Å². The number of nitrogens with zero attached hydrogens (tertiary/aromatic N) is 1. The third-order valence-electron chi connectivity index (χ3n) is 5.41. The van der Waals surface area contributed by atoms with Gasteiger partial charge in [0.1, 0.15) is 5.60 Å². The fourth-order valence-corrected chi connectivity index (χ4v) is 3.86. The molecule has 2 aliphatic heterocycles. The minimum Gasteiger partial charge on any atom is -0.490 e. The quantitative estimate of drug-likeness (QED) is 0.783. The molecule has 0 saturated carbocycles. The monoisotopic (exact) mass is 434 g/mol. The standard InChI is InChI=1S/C23H34N2O6/c1-15-11-17(20-18(12-15)29-9-6-10-30-20)21(26)24-13-16-7-8-25(14-19(16)28-5)22(27)31-23(2,3)4/h11-12,16,19H,6-10,13-14H2,1-5H3,(H,24,26)/t16-,19?/m0/s1. The molecule has 1 saturated heterocycles. The Morgan fingerprint density at radius 2 is 1.97 bits per heavy atom. The van der Waals surface area contributed by atoms with Crippen molar-refractivity contribution >= 4 is 12.0 Å². The zero-order valence-electron chi connectivity index (χ0n) is 19.2. The van der Waals surface area contributed by atoms with E-state index in [4.69, 9.17) is 18.9 Å². The predicted molar refractivity (Wildman–Crippen MR) is 116 cm³/mol. The number of benzene rings is 1. The molecule has 0 bridgehead atoms. The summed E-state index contributed by atoms with van der Waals surface area (Å²) in [5, 5.41) is 3.02. The van der Waals surface area contributed by atoms with Crippen LogP contribution in [0.4, 0.5) is 4.79 Å². The van der Waals surface area contributed by atoms with E-state index in [1.54, 1.807) is 12.0 Å². The topological polar surface area (TPSA) is 86.3 Å². The van der Waals surface area contributed by atoms with Crippen LogP contribution in [0.15, 0.2) is 12.1 Å². The van der Waals surface area contributed by atoms with Crippen LogP contribution in [0.1, 0.15) is 49.5 Å². The van der Waals surface area contributed by atoms with Gasteiger partial charge in [0.2, 0.25) is 0 Å². The smallest absolute Gasteiger partial charge is 0.410 e. The number of amides is 2. The molecule has 172 valence electrons. The maximum absolute atomic E-state index is 13.0. The molecule has 1 unspecified atom stereocenters. The van der Waals surface area contributed by atoms with Crippen molar-refractivity contribution in [1.29, 1.82) is 0 Å². The minimum absolute atomic E-state index is 0.0909. The minimum atomic E-state index is -0.540. The summed E-state index contributed by atoms with van der Waals surface area (Å²) in [6.07, 6.45) is 0.969. The molecule has 8 heteroatoms. The molecule has 3 rings (SSSR count). The molecule has 1 N–H and O–H groups in total. The number of hydrogen-bond acceptors (Lipinski definition) is 6. The number of hydrogen-bond donors (Lipinski definition) is 1. The van der Waals surface area contributed by atoms with Gasteiger partial charge in [-0.1, -0.05) is 0 Å². The molecule has 1 fully saturated rings. The second-order valence-electron chi connectivity index (χ2n) is 9.15. The number of aryl methyl sites for hydroxylation is 1. The first-order valence-corrected chi connectivity index (χ1v) is 10.9. The number of piperidine rings is 1. The fourth-order valence-electron chi connectivity index (χ4n) is 3.86. The molecule has 0 aliphatic carbocycles. The number of methoxy groups -OCH3 is 1. The van der Waals surface area contributed by atoms with Crippen molar-refractivity contribution in [3.05, 3.63) is 23.3 Å². The van der Waals surface area contributed by atoms with Crippen LogP contribution >= 0.6 is 0 Å². The summed E-state index contributed by atoms with van der Waals surface area (Å²) in [5.74, 6) is 1.01. The lowest BCUT2D eigenvalue weighted by molar-refractivity contribution is -0.0280. The number of carbonyl (C=O) groups is 2. The van der Waals surface area contributed by atoms with Gasteiger partial charge in [0.05, 0.1) is 31.4 Å². The van der Waals surface area contributed by atoms with Crippen molar-refractivity contribution in [2.75, 3.05) is 40.0 Å². The van der Waals surface area contributed by atoms with Gasteiger partial charge in [0.15, 0.2) is 11.5 Å². The molecule has 0 radical (unpaired) electrons. The van der Waals surface area contributed by atoms with Gasteiger partial charge in [-0.2, -0.15) is 0 Å². The summed E-state index contributed by atoms with van der Waals surface area (Å²) < 4.78 is 22.6. The highest BCUT2D eigenvalue weighted by Crippen LogP contribution is 2.35. The Labute approximate surface area is 184 Å². The molecule has 2 aliphatic rings. The van der Waals surface area contributed by atoms with Gasteiger partial charge < -0.3 is 29.2 Å². The largest absolute Gasteiger partial charge is 0.490 e. The lowest BCUT2D eigenvalue weighted by atomic mass is 9.93. The molecule has 1 aromatic carbocycles. The van der Waals surface area contributed by atoms with E-state index in [1.807, 2.05) is 39.8 Å². The first-order valence-electron chi connectivity index (χ1n) is 10.9. The van der Waals surface area contributed by atoms with Crippen LogP contribution in [0.5, 0.6) is 11.5 Å². The molecular weight excluding hydrogens is 400 g/mol. The van der Waals surface area contributed by atoms with Crippen LogP contribution in [0, 0.1) is 12.8 Å². The molecule has 2 heterocycles. The van der Waals surface area contributed by atoms with Crippen LogP contribution in [0.25, 0.3) is 0 Å². The zero-order valence-corrected chi connectivity index (χ0v) is 19.2. The maximum Gasteiger partial charge on any atom is 0.410 e. The normalized spacial score (nSPS) is 21.3. The number of nitrogens with one attached hydrogen (secondary N) is 1. The van der Waals surface area contributed by atoms with Gasteiger partial charge in [-0.15, -0.1) is 0 Å². The Hall–Kier alpha value is -2.48. The highest BCUT2D eigenvalue weighted by atomic mass is 16.6. The van der Waals surface area contributed by atoms with Crippen molar-refractivity contribution in [2.24, 2.45) is 5.92 Å². The van der Waals surface area contributed by atoms with Gasteiger partial charge in [0, 0.05) is 32.5 Å². The molecule has 0 aromatic heterocycles. The van der Waals surface area contributed by atoms with Gasteiger partial charge in [0.25, 0.3) is 5.91 Å². The average molecular weight is 435 g/mol. The van der Waals surface area contributed by atoms with Crippen LogP contribution in [0.2, 0.25) is 0 Å². The molecular formula is C23H34N2O6. The SMILES string of the molecule is COC1CN(C(=O)OC(C)(C)C)CC[C@H]1CNC(=O)c1cc(C)cc2c1OCCCO2. The number of carbonyl (C=O) groups excluding carboxylic acids is 2. The summed E-state index contributed by atoms with van der Waals surface area (Å²) in [5.41, 5.74) is 0.883. The van der Waals surface area contributed by atoms with Crippen molar-refractivity contribution < 1.29 is 28.5 Å². The third kappa shape index (κ3) is 6.03. The van der Waals surface area contributed by atoms with Crippen LogP contribution < -0.4 is 14.8 Å². The highest BCUT2D eigenvalue weighted by molar-refractivity contribution is 5.98. The fraction of sp³-hybridized carbons (Fsp3) is 0.652. The Morgan fingerprint density at radius 1 is 1.23 bits per heavy atom. The summed E-state index contributed by atoms with van der Waals surface area (Å²) >= 11 is 0. The molecule has 1 aromatic rings. The average Bonchev–Trinajstić information content (AvgIpc) is 2.95. The second-order valence-corrected chi connectivity index (χ2v) is 9.15. The number of rotatable bonds is 4. The highest BCUT2D eigenvalue weighted by Gasteiger charge is 2.34. The Balaban J connectivity index is 1.62. The third-order valence-corrected chi connectivity index (χ3v) is 5.41. The molecule has 2 atom stereocenters. The van der Waals surface area contributed by atoms with Crippen molar-refractivity contribution in [3.8, 4) is 11.5 Å². The molecule has 31 heavy (non-hydrogen) atoms. The first kappa shape index (κ1) is 23.2. The van der Waals surface area contributed by atoms with E-state index in [9.17, 15) is 9.59 Å². The molecule has 2 amide bonds. The van der Waals surface area contributed by atoms with Gasteiger partial charge >= 0.3 is 6.09 Å². The summed E-state index contributed by atoms with van der Waals surface area (Å²) in [6, 6.07) is 3.71.